The predicted octanol–water partition coefficient (Wildman–Crippen LogP) is 2.45. The van der Waals surface area contributed by atoms with Crippen molar-refractivity contribution in [2.75, 3.05) is 36.5 Å². The lowest BCUT2D eigenvalue weighted by Gasteiger charge is -2.35. The van der Waals surface area contributed by atoms with E-state index >= 15 is 0 Å². The highest BCUT2D eigenvalue weighted by Crippen LogP contribution is 2.47. The second-order valence-electron chi connectivity index (χ2n) is 6.70. The Hall–Kier alpha value is -2.02. The Bertz CT molecular complexity index is 854. The Balaban J connectivity index is 1.94. The molecule has 0 unspecified atom stereocenters. The summed E-state index contributed by atoms with van der Waals surface area (Å²) in [4.78, 5) is 16.5. The van der Waals surface area contributed by atoms with Crippen molar-refractivity contribution in [1.29, 1.82) is 0 Å². The lowest BCUT2D eigenvalue weighted by atomic mass is 10.1. The fourth-order valence-electron chi connectivity index (χ4n) is 4.14. The highest BCUT2D eigenvalue weighted by atomic mass is 32.2. The van der Waals surface area contributed by atoms with Crippen molar-refractivity contribution in [1.82, 2.24) is 0 Å². The van der Waals surface area contributed by atoms with E-state index in [4.69, 9.17) is 4.74 Å². The van der Waals surface area contributed by atoms with Crippen LogP contribution in [-0.2, 0) is 19.4 Å². The number of fused-ring (bicyclic) bond motifs is 3. The molecule has 0 amide bonds. The van der Waals surface area contributed by atoms with Gasteiger partial charge < -0.3 is 14.5 Å². The number of rotatable bonds is 2. The smallest absolute Gasteiger partial charge is 0.351 e. The topological polar surface area (TPSA) is 66.9 Å². The van der Waals surface area contributed by atoms with Gasteiger partial charge in [0.25, 0.3) is 0 Å². The van der Waals surface area contributed by atoms with Crippen LogP contribution in [0, 0.1) is 0 Å². The molecular formula is C18H22N2O4S. The third kappa shape index (κ3) is 2.44. The average molecular weight is 362 g/mol. The fraction of sp³-hybridized carbons (Fsp3) is 0.500. The lowest BCUT2D eigenvalue weighted by molar-refractivity contribution is -0.135. The summed E-state index contributed by atoms with van der Waals surface area (Å²) >= 11 is 0. The number of sulfone groups is 1. The van der Waals surface area contributed by atoms with Gasteiger partial charge in [0.15, 0.2) is 4.91 Å². The summed E-state index contributed by atoms with van der Waals surface area (Å²) in [5.41, 5.74) is 1.99. The molecule has 0 bridgehead atoms. The molecule has 3 aliphatic rings. The van der Waals surface area contributed by atoms with Crippen molar-refractivity contribution >= 4 is 27.2 Å². The minimum atomic E-state index is -3.91. The molecule has 0 atom stereocenters. The number of carbonyl (C=O) groups excluding carboxylic acids is 1. The molecule has 0 N–H and O–H groups in total. The maximum atomic E-state index is 13.4. The van der Waals surface area contributed by atoms with E-state index in [0.717, 1.165) is 38.9 Å². The largest absolute Gasteiger partial charge is 0.465 e. The monoisotopic (exact) mass is 362 g/mol. The molecule has 1 aromatic rings. The Morgan fingerprint density at radius 3 is 2.48 bits per heavy atom. The van der Waals surface area contributed by atoms with Crippen LogP contribution in [-0.4, -0.2) is 41.1 Å². The third-order valence-electron chi connectivity index (χ3n) is 5.25. The number of nitrogens with zero attached hydrogens (tertiary/aromatic N) is 2. The number of carbonyl (C=O) groups is 1. The van der Waals surface area contributed by atoms with Gasteiger partial charge in [-0.05, 0) is 44.2 Å². The zero-order valence-electron chi connectivity index (χ0n) is 14.3. The molecule has 4 rings (SSSR count). The molecule has 0 radical (unpaired) electrons. The minimum Gasteiger partial charge on any atom is -0.465 e. The first kappa shape index (κ1) is 16.4. The van der Waals surface area contributed by atoms with E-state index in [1.54, 1.807) is 0 Å². The summed E-state index contributed by atoms with van der Waals surface area (Å²) < 4.78 is 31.6. The first-order chi connectivity index (χ1) is 12.1. The molecule has 3 heterocycles. The SMILES string of the molecule is COC(=O)C1=C2CCCN2c2cccc(N3CCCCC3)c2S1(=O)=O. The van der Waals surface area contributed by atoms with Crippen molar-refractivity contribution in [3.8, 4) is 0 Å². The molecule has 25 heavy (non-hydrogen) atoms. The molecule has 0 saturated carbocycles. The van der Waals surface area contributed by atoms with Crippen LogP contribution in [0.4, 0.5) is 11.4 Å². The van der Waals surface area contributed by atoms with Gasteiger partial charge in [0.1, 0.15) is 4.90 Å². The fourth-order valence-corrected chi connectivity index (χ4v) is 6.09. The third-order valence-corrected chi connectivity index (χ3v) is 7.15. The van der Waals surface area contributed by atoms with E-state index in [-0.39, 0.29) is 9.80 Å². The number of anilines is 2. The van der Waals surface area contributed by atoms with Crippen molar-refractivity contribution in [3.63, 3.8) is 0 Å². The molecule has 134 valence electrons. The molecule has 2 saturated heterocycles. The molecule has 0 aromatic heterocycles. The van der Waals surface area contributed by atoms with Gasteiger partial charge in [0.2, 0.25) is 9.84 Å². The number of esters is 1. The van der Waals surface area contributed by atoms with E-state index in [9.17, 15) is 13.2 Å². The molecule has 0 aliphatic carbocycles. The highest BCUT2D eigenvalue weighted by molar-refractivity contribution is 7.96. The summed E-state index contributed by atoms with van der Waals surface area (Å²) in [6, 6.07) is 5.62. The van der Waals surface area contributed by atoms with Crippen LogP contribution in [0.5, 0.6) is 0 Å². The second kappa shape index (κ2) is 6.05. The van der Waals surface area contributed by atoms with E-state index in [1.165, 1.54) is 13.5 Å². The second-order valence-corrected chi connectivity index (χ2v) is 8.52. The van der Waals surface area contributed by atoms with Gasteiger partial charge in [-0.1, -0.05) is 6.07 Å². The van der Waals surface area contributed by atoms with E-state index < -0.39 is 15.8 Å². The van der Waals surface area contributed by atoms with Gasteiger partial charge >= 0.3 is 5.97 Å². The zero-order valence-corrected chi connectivity index (χ0v) is 15.1. The van der Waals surface area contributed by atoms with Crippen LogP contribution in [0.2, 0.25) is 0 Å². The Labute approximate surface area is 148 Å². The van der Waals surface area contributed by atoms with Crippen LogP contribution in [0.3, 0.4) is 0 Å². The summed E-state index contributed by atoms with van der Waals surface area (Å²) in [7, 11) is -2.67. The predicted molar refractivity (Wildman–Crippen MR) is 95.3 cm³/mol. The Morgan fingerprint density at radius 1 is 1.04 bits per heavy atom. The molecule has 6 nitrogen and oxygen atoms in total. The number of benzene rings is 1. The van der Waals surface area contributed by atoms with E-state index in [0.29, 0.717) is 23.5 Å². The molecular weight excluding hydrogens is 340 g/mol. The maximum Gasteiger partial charge on any atom is 0.351 e. The summed E-state index contributed by atoms with van der Waals surface area (Å²) in [5, 5.41) is 0. The van der Waals surface area contributed by atoms with Crippen LogP contribution >= 0.6 is 0 Å². The molecule has 1 aromatic carbocycles. The van der Waals surface area contributed by atoms with E-state index in [1.807, 2.05) is 23.1 Å². The molecule has 7 heteroatoms. The van der Waals surface area contributed by atoms with Crippen molar-refractivity contribution < 1.29 is 17.9 Å². The first-order valence-electron chi connectivity index (χ1n) is 8.78. The summed E-state index contributed by atoms with van der Waals surface area (Å²) in [6.07, 6.45) is 4.69. The maximum absolute atomic E-state index is 13.4. The normalized spacial score (nSPS) is 21.8. The van der Waals surface area contributed by atoms with Gasteiger partial charge in [0.05, 0.1) is 18.5 Å². The standard InChI is InChI=1S/C18H22N2O4S/c1-24-18(21)17-15-9-6-12-20(15)14-8-5-7-13(16(14)25(17,22)23)19-10-3-2-4-11-19/h5,7-8H,2-4,6,9-12H2,1H3. The quantitative estimate of drug-likeness (QED) is 0.753. The van der Waals surface area contributed by atoms with Gasteiger partial charge in [-0.2, -0.15) is 0 Å². The van der Waals surface area contributed by atoms with Crippen LogP contribution in [0.15, 0.2) is 33.7 Å². The highest BCUT2D eigenvalue weighted by Gasteiger charge is 2.44. The molecule has 2 fully saturated rings. The van der Waals surface area contributed by atoms with Crippen molar-refractivity contribution in [3.05, 3.63) is 28.8 Å². The molecule has 3 aliphatic heterocycles. The zero-order chi connectivity index (χ0) is 17.6. The van der Waals surface area contributed by atoms with Gasteiger partial charge in [-0.15, -0.1) is 0 Å². The Kier molecular flexibility index (Phi) is 3.98. The number of hydrogen-bond donors (Lipinski definition) is 0. The average Bonchev–Trinajstić information content (AvgIpc) is 3.10. The summed E-state index contributed by atoms with van der Waals surface area (Å²) in [5.74, 6) is -0.763. The van der Waals surface area contributed by atoms with E-state index in [2.05, 4.69) is 4.90 Å². The van der Waals surface area contributed by atoms with Crippen molar-refractivity contribution in [2.45, 2.75) is 37.0 Å². The van der Waals surface area contributed by atoms with Gasteiger partial charge in [-0.3, -0.25) is 0 Å². The Morgan fingerprint density at radius 2 is 1.76 bits per heavy atom. The van der Waals surface area contributed by atoms with Crippen LogP contribution in [0.1, 0.15) is 32.1 Å². The lowest BCUT2D eigenvalue weighted by Crippen LogP contribution is -2.35. The minimum absolute atomic E-state index is 0.176. The number of methoxy groups -OCH3 is 1. The number of piperidine rings is 1. The summed E-state index contributed by atoms with van der Waals surface area (Å²) in [6.45, 7) is 2.41. The van der Waals surface area contributed by atoms with Crippen LogP contribution < -0.4 is 9.80 Å². The number of allylic oxidation sites excluding steroid dienone is 1. The number of hydrogen-bond acceptors (Lipinski definition) is 6. The van der Waals surface area contributed by atoms with Crippen molar-refractivity contribution in [2.24, 2.45) is 0 Å². The van der Waals surface area contributed by atoms with Crippen LogP contribution in [0.25, 0.3) is 0 Å². The van der Waals surface area contributed by atoms with Gasteiger partial charge in [-0.25, -0.2) is 13.2 Å². The van der Waals surface area contributed by atoms with Gasteiger partial charge in [0, 0.05) is 25.3 Å². The number of ether oxygens (including phenoxy) is 1. The molecule has 0 spiro atoms. The first-order valence-corrected chi connectivity index (χ1v) is 10.3.